The van der Waals surface area contributed by atoms with Gasteiger partial charge in [0.05, 0.1) is 7.11 Å². The third kappa shape index (κ3) is 2.17. The van der Waals surface area contributed by atoms with Gasteiger partial charge in [0.2, 0.25) is 6.41 Å². The van der Waals surface area contributed by atoms with E-state index in [1.807, 2.05) is 0 Å². The van der Waals surface area contributed by atoms with Crippen molar-refractivity contribution in [3.05, 3.63) is 5.38 Å². The molecular weight excluding hydrogens is 166 g/mol. The SMILES string of the molecule is CONc1csc(NC=O)n1. The number of anilines is 2. The molecule has 0 fully saturated rings. The second-order valence-corrected chi connectivity index (χ2v) is 2.46. The average Bonchev–Trinajstić information content (AvgIpc) is 2.38. The molecule has 1 amide bonds. The highest BCUT2D eigenvalue weighted by Crippen LogP contribution is 2.17. The van der Waals surface area contributed by atoms with Crippen molar-refractivity contribution < 1.29 is 9.63 Å². The van der Waals surface area contributed by atoms with E-state index in [0.29, 0.717) is 17.4 Å². The summed E-state index contributed by atoms with van der Waals surface area (Å²) in [6.07, 6.45) is 0.579. The van der Waals surface area contributed by atoms with Gasteiger partial charge in [0.25, 0.3) is 0 Å². The molecule has 1 aromatic heterocycles. The highest BCUT2D eigenvalue weighted by Gasteiger charge is 1.97. The molecule has 0 spiro atoms. The van der Waals surface area contributed by atoms with Crippen molar-refractivity contribution in [2.75, 3.05) is 17.9 Å². The second kappa shape index (κ2) is 3.89. The Hall–Kier alpha value is -1.14. The molecule has 6 heteroatoms. The molecule has 0 saturated heterocycles. The van der Waals surface area contributed by atoms with Crippen LogP contribution < -0.4 is 10.8 Å². The number of nitrogens with one attached hydrogen (secondary N) is 2. The van der Waals surface area contributed by atoms with Crippen LogP contribution >= 0.6 is 11.3 Å². The van der Waals surface area contributed by atoms with Crippen LogP contribution in [0.4, 0.5) is 10.9 Å². The van der Waals surface area contributed by atoms with E-state index in [1.54, 1.807) is 5.38 Å². The van der Waals surface area contributed by atoms with E-state index < -0.39 is 0 Å². The van der Waals surface area contributed by atoms with Crippen molar-refractivity contribution in [2.24, 2.45) is 0 Å². The molecular formula is C5H7N3O2S. The first kappa shape index (κ1) is 7.96. The largest absolute Gasteiger partial charge is 0.305 e. The number of hydrogen-bond acceptors (Lipinski definition) is 5. The molecule has 5 nitrogen and oxygen atoms in total. The molecule has 1 aromatic rings. The molecule has 60 valence electrons. The molecule has 0 aliphatic heterocycles. The molecule has 0 bridgehead atoms. The van der Waals surface area contributed by atoms with E-state index in [0.717, 1.165) is 0 Å². The van der Waals surface area contributed by atoms with Crippen molar-refractivity contribution in [2.45, 2.75) is 0 Å². The molecule has 0 aromatic carbocycles. The maximum absolute atomic E-state index is 9.95. The van der Waals surface area contributed by atoms with Crippen LogP contribution in [0.5, 0.6) is 0 Å². The predicted molar refractivity (Wildman–Crippen MR) is 42.4 cm³/mol. The zero-order valence-corrected chi connectivity index (χ0v) is 6.64. The molecule has 2 N–H and O–H groups in total. The van der Waals surface area contributed by atoms with Crippen LogP contribution in [0, 0.1) is 0 Å². The number of amides is 1. The summed E-state index contributed by atoms with van der Waals surface area (Å²) < 4.78 is 0. The molecule has 0 unspecified atom stereocenters. The monoisotopic (exact) mass is 173 g/mol. The van der Waals surface area contributed by atoms with Gasteiger partial charge in [-0.05, 0) is 0 Å². The number of carbonyl (C=O) groups excluding carboxylic acids is 1. The van der Waals surface area contributed by atoms with E-state index in [4.69, 9.17) is 0 Å². The first-order valence-electron chi connectivity index (χ1n) is 2.81. The van der Waals surface area contributed by atoms with Gasteiger partial charge in [0.1, 0.15) is 0 Å². The lowest BCUT2D eigenvalue weighted by molar-refractivity contribution is -0.105. The van der Waals surface area contributed by atoms with Gasteiger partial charge in [-0.15, -0.1) is 11.3 Å². The Morgan fingerprint density at radius 2 is 2.64 bits per heavy atom. The van der Waals surface area contributed by atoms with Crippen molar-refractivity contribution in [3.63, 3.8) is 0 Å². The van der Waals surface area contributed by atoms with Crippen LogP contribution in [-0.2, 0) is 9.63 Å². The highest BCUT2D eigenvalue weighted by molar-refractivity contribution is 7.14. The second-order valence-electron chi connectivity index (χ2n) is 1.61. The molecule has 0 aliphatic carbocycles. The zero-order chi connectivity index (χ0) is 8.10. The Labute approximate surface area is 67.4 Å². The van der Waals surface area contributed by atoms with Gasteiger partial charge >= 0.3 is 0 Å². The summed E-state index contributed by atoms with van der Waals surface area (Å²) in [5.74, 6) is 0.585. The zero-order valence-electron chi connectivity index (χ0n) is 5.83. The van der Waals surface area contributed by atoms with Crippen LogP contribution in [0.25, 0.3) is 0 Å². The van der Waals surface area contributed by atoms with Gasteiger partial charge in [-0.1, -0.05) is 0 Å². The van der Waals surface area contributed by atoms with Crippen molar-refractivity contribution >= 4 is 28.7 Å². The number of rotatable bonds is 4. The van der Waals surface area contributed by atoms with Crippen LogP contribution in [0.1, 0.15) is 0 Å². The normalized spacial score (nSPS) is 9.18. The lowest BCUT2D eigenvalue weighted by Gasteiger charge is -1.94. The summed E-state index contributed by atoms with van der Waals surface area (Å²) in [5, 5.41) is 4.69. The van der Waals surface area contributed by atoms with Gasteiger partial charge < -0.3 is 5.32 Å². The fraction of sp³-hybridized carbons (Fsp3) is 0.200. The quantitative estimate of drug-likeness (QED) is 0.519. The molecule has 11 heavy (non-hydrogen) atoms. The van der Waals surface area contributed by atoms with Crippen molar-refractivity contribution in [1.29, 1.82) is 0 Å². The predicted octanol–water partition coefficient (Wildman–Crippen LogP) is 0.685. The summed E-state index contributed by atoms with van der Waals surface area (Å²) in [5.41, 5.74) is 2.53. The number of aromatic nitrogens is 1. The van der Waals surface area contributed by atoms with Gasteiger partial charge in [-0.2, -0.15) is 0 Å². The maximum atomic E-state index is 9.95. The lowest BCUT2D eigenvalue weighted by Crippen LogP contribution is -1.97. The fourth-order valence-corrected chi connectivity index (χ4v) is 1.13. The third-order valence-electron chi connectivity index (χ3n) is 0.893. The van der Waals surface area contributed by atoms with Gasteiger partial charge in [0.15, 0.2) is 10.9 Å². The number of nitrogens with zero attached hydrogens (tertiary/aromatic N) is 1. The molecule has 0 radical (unpaired) electrons. The standard InChI is InChI=1S/C5H7N3O2S/c1-10-8-4-2-11-5(7-4)6-3-9/h2-3,8H,1H3,(H,6,7,9). The first-order valence-corrected chi connectivity index (χ1v) is 3.69. The van der Waals surface area contributed by atoms with Gasteiger partial charge in [-0.3, -0.25) is 9.63 Å². The Bertz CT molecular complexity index is 237. The summed E-state index contributed by atoms with van der Waals surface area (Å²) >= 11 is 1.32. The van der Waals surface area contributed by atoms with E-state index in [1.165, 1.54) is 18.4 Å². The number of hydrogen-bond donors (Lipinski definition) is 2. The van der Waals surface area contributed by atoms with Crippen LogP contribution in [0.3, 0.4) is 0 Å². The molecule has 1 heterocycles. The number of carbonyl (C=O) groups is 1. The lowest BCUT2D eigenvalue weighted by atomic mass is 10.8. The molecule has 1 rings (SSSR count). The van der Waals surface area contributed by atoms with Crippen LogP contribution in [0.2, 0.25) is 0 Å². The summed E-state index contributed by atoms with van der Waals surface area (Å²) in [6, 6.07) is 0. The topological polar surface area (TPSA) is 63.2 Å². The molecule has 0 saturated carbocycles. The van der Waals surface area contributed by atoms with Crippen LogP contribution in [-0.4, -0.2) is 18.5 Å². The van der Waals surface area contributed by atoms with E-state index >= 15 is 0 Å². The summed E-state index contributed by atoms with van der Waals surface area (Å²) in [4.78, 5) is 18.5. The summed E-state index contributed by atoms with van der Waals surface area (Å²) in [7, 11) is 1.49. The highest BCUT2D eigenvalue weighted by atomic mass is 32.1. The smallest absolute Gasteiger partial charge is 0.213 e. The summed E-state index contributed by atoms with van der Waals surface area (Å²) in [6.45, 7) is 0. The van der Waals surface area contributed by atoms with Gasteiger partial charge in [-0.25, -0.2) is 10.5 Å². The van der Waals surface area contributed by atoms with Crippen molar-refractivity contribution in [3.8, 4) is 0 Å². The minimum absolute atomic E-state index is 0.541. The van der Waals surface area contributed by atoms with E-state index in [2.05, 4.69) is 20.6 Å². The Morgan fingerprint density at radius 3 is 3.27 bits per heavy atom. The molecule has 0 atom stereocenters. The Balaban J connectivity index is 2.57. The average molecular weight is 173 g/mol. The first-order chi connectivity index (χ1) is 5.36. The maximum Gasteiger partial charge on any atom is 0.213 e. The van der Waals surface area contributed by atoms with Crippen LogP contribution in [0.15, 0.2) is 5.38 Å². The molecule has 0 aliphatic rings. The fourth-order valence-electron chi connectivity index (χ4n) is 0.542. The van der Waals surface area contributed by atoms with E-state index in [-0.39, 0.29) is 0 Å². The Kier molecular flexibility index (Phi) is 2.82. The number of thiazole rings is 1. The minimum atomic E-state index is 0.541. The van der Waals surface area contributed by atoms with Crippen molar-refractivity contribution in [1.82, 2.24) is 4.98 Å². The van der Waals surface area contributed by atoms with Gasteiger partial charge in [0, 0.05) is 5.38 Å². The minimum Gasteiger partial charge on any atom is -0.305 e. The Morgan fingerprint density at radius 1 is 1.82 bits per heavy atom. The third-order valence-corrected chi connectivity index (χ3v) is 1.67. The van der Waals surface area contributed by atoms with E-state index in [9.17, 15) is 4.79 Å².